The molecule has 0 radical (unpaired) electrons. The molecule has 0 bridgehead atoms. The average Bonchev–Trinajstić information content (AvgIpc) is 2.91. The highest BCUT2D eigenvalue weighted by Crippen LogP contribution is 2.30. The van der Waals surface area contributed by atoms with Crippen LogP contribution in [0.15, 0.2) is 42.7 Å². The maximum absolute atomic E-state index is 12.3. The molecule has 0 spiro atoms. The SMILES string of the molecule is CCOC=O.FC(F)(F)c1ccn(-c2ccc(Cl)cc2)c1. The molecule has 0 aliphatic heterocycles. The fourth-order valence-electron chi connectivity index (χ4n) is 1.41. The van der Waals surface area contributed by atoms with Gasteiger partial charge < -0.3 is 9.30 Å². The molecule has 1 aromatic carbocycles. The van der Waals surface area contributed by atoms with Crippen molar-refractivity contribution in [1.82, 2.24) is 4.57 Å². The Morgan fingerprint density at radius 3 is 2.24 bits per heavy atom. The fraction of sp³-hybridized carbons (Fsp3) is 0.214. The van der Waals surface area contributed by atoms with Gasteiger partial charge in [-0.1, -0.05) is 11.6 Å². The van der Waals surface area contributed by atoms with Crippen LogP contribution < -0.4 is 0 Å². The molecule has 0 saturated heterocycles. The summed E-state index contributed by atoms with van der Waals surface area (Å²) in [5.74, 6) is 0. The first kappa shape index (κ1) is 17.1. The van der Waals surface area contributed by atoms with E-state index in [9.17, 15) is 18.0 Å². The van der Waals surface area contributed by atoms with Crippen molar-refractivity contribution in [2.24, 2.45) is 0 Å². The van der Waals surface area contributed by atoms with Crippen LogP contribution in [0.1, 0.15) is 12.5 Å². The molecule has 0 aliphatic carbocycles. The minimum atomic E-state index is -4.31. The normalized spacial score (nSPS) is 10.5. The smallest absolute Gasteiger partial charge is 0.417 e. The predicted molar refractivity (Wildman–Crippen MR) is 73.5 cm³/mol. The van der Waals surface area contributed by atoms with Crippen LogP contribution in [0.25, 0.3) is 5.69 Å². The summed E-state index contributed by atoms with van der Waals surface area (Å²) in [4.78, 5) is 9.18. The number of rotatable bonds is 3. The van der Waals surface area contributed by atoms with Crippen LogP contribution >= 0.6 is 11.6 Å². The van der Waals surface area contributed by atoms with Crippen molar-refractivity contribution < 1.29 is 22.7 Å². The first-order chi connectivity index (χ1) is 9.88. The molecule has 0 aliphatic rings. The van der Waals surface area contributed by atoms with E-state index in [2.05, 4.69) is 4.74 Å². The predicted octanol–water partition coefficient (Wildman–Crippen LogP) is 4.33. The minimum Gasteiger partial charge on any atom is -0.468 e. The monoisotopic (exact) mass is 319 g/mol. The maximum atomic E-state index is 12.3. The van der Waals surface area contributed by atoms with Gasteiger partial charge in [0.25, 0.3) is 6.47 Å². The van der Waals surface area contributed by atoms with Gasteiger partial charge >= 0.3 is 6.18 Å². The van der Waals surface area contributed by atoms with Gasteiger partial charge in [-0.3, -0.25) is 4.79 Å². The van der Waals surface area contributed by atoms with Gasteiger partial charge in [0.05, 0.1) is 12.2 Å². The minimum absolute atomic E-state index is 0.431. The number of aromatic nitrogens is 1. The summed E-state index contributed by atoms with van der Waals surface area (Å²) in [6.07, 6.45) is -1.90. The van der Waals surface area contributed by atoms with Crippen LogP contribution in [-0.2, 0) is 15.7 Å². The molecule has 0 N–H and O–H groups in total. The zero-order chi connectivity index (χ0) is 15.9. The quantitative estimate of drug-likeness (QED) is 0.789. The Labute approximate surface area is 124 Å². The lowest BCUT2D eigenvalue weighted by Crippen LogP contribution is -2.02. The first-order valence-electron chi connectivity index (χ1n) is 5.95. The van der Waals surface area contributed by atoms with E-state index in [-0.39, 0.29) is 0 Å². The summed E-state index contributed by atoms with van der Waals surface area (Å²) >= 11 is 5.69. The number of nitrogens with zero attached hydrogens (tertiary/aromatic N) is 1. The van der Waals surface area contributed by atoms with E-state index in [0.717, 1.165) is 12.3 Å². The third-order valence-corrected chi connectivity index (χ3v) is 2.63. The lowest BCUT2D eigenvalue weighted by Gasteiger charge is -2.04. The molecule has 2 aromatic rings. The van der Waals surface area contributed by atoms with Crippen LogP contribution in [0.4, 0.5) is 13.2 Å². The number of ether oxygens (including phenoxy) is 1. The highest BCUT2D eigenvalue weighted by atomic mass is 35.5. The molecular formula is C14H13ClF3NO2. The number of benzene rings is 1. The van der Waals surface area contributed by atoms with E-state index < -0.39 is 11.7 Å². The summed E-state index contributed by atoms with van der Waals surface area (Å²) in [7, 11) is 0. The molecule has 0 amide bonds. The van der Waals surface area contributed by atoms with Crippen molar-refractivity contribution in [3.8, 4) is 5.69 Å². The zero-order valence-corrected chi connectivity index (χ0v) is 11.9. The van der Waals surface area contributed by atoms with E-state index in [4.69, 9.17) is 11.6 Å². The Morgan fingerprint density at radius 1 is 1.24 bits per heavy atom. The summed E-state index contributed by atoms with van der Waals surface area (Å²) in [5.41, 5.74) is -0.0256. The lowest BCUT2D eigenvalue weighted by molar-refractivity contribution is -0.137. The molecule has 0 fully saturated rings. The number of carbonyl (C=O) groups excluding carboxylic acids is 1. The Kier molecular flexibility index (Phi) is 6.30. The largest absolute Gasteiger partial charge is 0.468 e. The second kappa shape index (κ2) is 7.73. The second-order valence-corrected chi connectivity index (χ2v) is 4.27. The molecule has 1 aromatic heterocycles. The van der Waals surface area contributed by atoms with Gasteiger partial charge in [0.1, 0.15) is 0 Å². The summed E-state index contributed by atoms with van der Waals surface area (Å²) < 4.78 is 42.6. The van der Waals surface area contributed by atoms with Crippen LogP contribution in [-0.4, -0.2) is 17.6 Å². The standard InChI is InChI=1S/C11H7ClF3N.C3H6O2/c12-9-1-3-10(4-2-9)16-6-5-8(7-16)11(13,14)15;1-2-5-3-4/h1-7H;3H,2H2,1H3. The molecule has 3 nitrogen and oxygen atoms in total. The number of carbonyl (C=O) groups is 1. The second-order valence-electron chi connectivity index (χ2n) is 3.83. The van der Waals surface area contributed by atoms with E-state index in [1.807, 2.05) is 0 Å². The Morgan fingerprint density at radius 2 is 1.86 bits per heavy atom. The number of alkyl halides is 3. The van der Waals surface area contributed by atoms with Crippen molar-refractivity contribution in [2.75, 3.05) is 6.61 Å². The van der Waals surface area contributed by atoms with Crippen LogP contribution in [0.5, 0.6) is 0 Å². The van der Waals surface area contributed by atoms with E-state index >= 15 is 0 Å². The third kappa shape index (κ3) is 5.51. The zero-order valence-electron chi connectivity index (χ0n) is 11.1. The molecule has 2 rings (SSSR count). The van der Waals surface area contributed by atoms with Gasteiger partial charge in [-0.05, 0) is 37.3 Å². The number of hydrogen-bond acceptors (Lipinski definition) is 2. The van der Waals surface area contributed by atoms with Gasteiger partial charge in [-0.15, -0.1) is 0 Å². The van der Waals surface area contributed by atoms with Crippen LogP contribution in [0.2, 0.25) is 5.02 Å². The average molecular weight is 320 g/mol. The van der Waals surface area contributed by atoms with Gasteiger partial charge in [0.15, 0.2) is 0 Å². The summed E-state index contributed by atoms with van der Waals surface area (Å²) in [6, 6.07) is 7.61. The van der Waals surface area contributed by atoms with E-state index in [0.29, 0.717) is 23.8 Å². The number of hydrogen-bond donors (Lipinski definition) is 0. The Hall–Kier alpha value is -1.95. The van der Waals surface area contributed by atoms with Crippen LogP contribution in [0.3, 0.4) is 0 Å². The van der Waals surface area contributed by atoms with Gasteiger partial charge in [0, 0.05) is 23.1 Å². The number of halogens is 4. The van der Waals surface area contributed by atoms with Gasteiger partial charge in [-0.2, -0.15) is 13.2 Å². The van der Waals surface area contributed by atoms with E-state index in [1.54, 1.807) is 31.2 Å². The van der Waals surface area contributed by atoms with Gasteiger partial charge in [0.2, 0.25) is 0 Å². The van der Waals surface area contributed by atoms with Gasteiger partial charge in [-0.25, -0.2) is 0 Å². The lowest BCUT2D eigenvalue weighted by atomic mass is 10.3. The van der Waals surface area contributed by atoms with Crippen molar-refractivity contribution in [3.05, 3.63) is 53.3 Å². The molecule has 21 heavy (non-hydrogen) atoms. The molecule has 114 valence electrons. The Balaban J connectivity index is 0.000000383. The highest BCUT2D eigenvalue weighted by Gasteiger charge is 2.31. The third-order valence-electron chi connectivity index (χ3n) is 2.38. The molecule has 1 heterocycles. The topological polar surface area (TPSA) is 31.2 Å². The molecular weight excluding hydrogens is 307 g/mol. The maximum Gasteiger partial charge on any atom is 0.417 e. The van der Waals surface area contributed by atoms with Crippen molar-refractivity contribution in [1.29, 1.82) is 0 Å². The molecule has 7 heteroatoms. The fourth-order valence-corrected chi connectivity index (χ4v) is 1.53. The Bertz CT molecular complexity index is 564. The van der Waals surface area contributed by atoms with Crippen LogP contribution in [0, 0.1) is 0 Å². The summed E-state index contributed by atoms with van der Waals surface area (Å²) in [5, 5.41) is 0.548. The van der Waals surface area contributed by atoms with Crippen molar-refractivity contribution in [3.63, 3.8) is 0 Å². The van der Waals surface area contributed by atoms with Crippen molar-refractivity contribution in [2.45, 2.75) is 13.1 Å². The van der Waals surface area contributed by atoms with E-state index in [1.165, 1.54) is 10.8 Å². The van der Waals surface area contributed by atoms with Crippen molar-refractivity contribution >= 4 is 18.1 Å². The molecule has 0 atom stereocenters. The summed E-state index contributed by atoms with van der Waals surface area (Å²) in [6.45, 7) is 2.66. The first-order valence-corrected chi connectivity index (χ1v) is 6.32. The highest BCUT2D eigenvalue weighted by molar-refractivity contribution is 6.30. The molecule has 0 unspecified atom stereocenters. The molecule has 0 saturated carbocycles.